The highest BCUT2D eigenvalue weighted by Gasteiger charge is 2.08. The molecule has 0 fully saturated rings. The molecule has 0 aliphatic rings. The Labute approximate surface area is 174 Å². The molecule has 0 nitrogen and oxygen atoms in total. The van der Waals surface area contributed by atoms with Crippen molar-refractivity contribution in [3.05, 3.63) is 109 Å². The van der Waals surface area contributed by atoms with Crippen LogP contribution in [-0.2, 0) is 0 Å². The summed E-state index contributed by atoms with van der Waals surface area (Å²) in [6.07, 6.45) is 0. The Hall–Kier alpha value is -3.90. The predicted octanol–water partition coefficient (Wildman–Crippen LogP) is 8.61. The smallest absolute Gasteiger partial charge is 0.00988 e. The molecule has 0 heterocycles. The monoisotopic (exact) mass is 378 g/mol. The van der Waals surface area contributed by atoms with Crippen LogP contribution in [0.3, 0.4) is 0 Å². The van der Waals surface area contributed by atoms with Crippen LogP contribution in [0.4, 0.5) is 0 Å². The average molecular weight is 378 g/mol. The summed E-state index contributed by atoms with van der Waals surface area (Å²) >= 11 is 0. The first-order valence-corrected chi connectivity index (χ1v) is 10.4. The molecule has 0 aromatic heterocycles. The van der Waals surface area contributed by atoms with E-state index in [1.807, 2.05) is 0 Å². The van der Waals surface area contributed by atoms with Crippen molar-refractivity contribution in [3.63, 3.8) is 0 Å². The molecule has 30 heavy (non-hydrogen) atoms. The largest absolute Gasteiger partial charge is 0.0616 e. The molecule has 0 N–H and O–H groups in total. The highest BCUT2D eigenvalue weighted by Crippen LogP contribution is 2.35. The molecule has 0 unspecified atom stereocenters. The van der Waals surface area contributed by atoms with Crippen molar-refractivity contribution in [2.45, 2.75) is 0 Å². The van der Waals surface area contributed by atoms with Crippen LogP contribution < -0.4 is 0 Å². The van der Waals surface area contributed by atoms with Gasteiger partial charge in [0.15, 0.2) is 0 Å². The third kappa shape index (κ3) is 2.22. The summed E-state index contributed by atoms with van der Waals surface area (Å²) in [6, 6.07) is 40.3. The Balaban J connectivity index is 1.61. The van der Waals surface area contributed by atoms with Crippen LogP contribution >= 0.6 is 0 Å². The summed E-state index contributed by atoms with van der Waals surface area (Å²) in [4.78, 5) is 0. The van der Waals surface area contributed by atoms with E-state index in [1.54, 1.807) is 0 Å². The minimum Gasteiger partial charge on any atom is -0.0616 e. The van der Waals surface area contributed by atoms with Gasteiger partial charge in [-0.2, -0.15) is 0 Å². The summed E-state index contributed by atoms with van der Waals surface area (Å²) in [7, 11) is 0. The van der Waals surface area contributed by atoms with Gasteiger partial charge in [-0.3, -0.25) is 0 Å². The number of fused-ring (bicyclic) bond motifs is 8. The van der Waals surface area contributed by atoms with Gasteiger partial charge in [-0.1, -0.05) is 72.8 Å². The molecule has 138 valence electrons. The lowest BCUT2D eigenvalue weighted by atomic mass is 9.93. The number of benzene rings is 7. The van der Waals surface area contributed by atoms with E-state index in [-0.39, 0.29) is 0 Å². The lowest BCUT2D eigenvalue weighted by molar-refractivity contribution is 1.78. The van der Waals surface area contributed by atoms with Gasteiger partial charge in [0.05, 0.1) is 0 Å². The molecule has 0 heteroatoms. The molecule has 0 amide bonds. The molecular weight excluding hydrogens is 360 g/mol. The van der Waals surface area contributed by atoms with Gasteiger partial charge in [-0.25, -0.2) is 0 Å². The van der Waals surface area contributed by atoms with E-state index in [1.165, 1.54) is 64.6 Å². The molecule has 7 aromatic carbocycles. The van der Waals surface area contributed by atoms with E-state index in [4.69, 9.17) is 0 Å². The third-order valence-corrected chi connectivity index (χ3v) is 6.52. The fraction of sp³-hybridized carbons (Fsp3) is 0. The second-order valence-corrected chi connectivity index (χ2v) is 8.27. The average Bonchev–Trinajstić information content (AvgIpc) is 2.80. The third-order valence-electron chi connectivity index (χ3n) is 6.52. The first-order chi connectivity index (χ1) is 14.8. The van der Waals surface area contributed by atoms with E-state index in [2.05, 4.69) is 109 Å². The lowest BCUT2D eigenvalue weighted by Gasteiger charge is -2.10. The van der Waals surface area contributed by atoms with E-state index in [0.29, 0.717) is 0 Å². The Morgan fingerprint density at radius 3 is 1.30 bits per heavy atom. The Morgan fingerprint density at radius 1 is 0.233 bits per heavy atom. The lowest BCUT2D eigenvalue weighted by Crippen LogP contribution is -1.83. The summed E-state index contributed by atoms with van der Waals surface area (Å²) in [5.41, 5.74) is 0. The number of rotatable bonds is 0. The van der Waals surface area contributed by atoms with Crippen LogP contribution in [-0.4, -0.2) is 0 Å². The summed E-state index contributed by atoms with van der Waals surface area (Å²) in [5.74, 6) is 0. The zero-order chi connectivity index (χ0) is 19.7. The normalized spacial score (nSPS) is 12.0. The van der Waals surface area contributed by atoms with Gasteiger partial charge in [0.2, 0.25) is 0 Å². The molecular formula is C30H18. The fourth-order valence-electron chi connectivity index (χ4n) is 5.00. The topological polar surface area (TPSA) is 0 Å². The van der Waals surface area contributed by atoms with Gasteiger partial charge in [-0.15, -0.1) is 0 Å². The van der Waals surface area contributed by atoms with Gasteiger partial charge < -0.3 is 0 Å². The molecule has 0 saturated carbocycles. The summed E-state index contributed by atoms with van der Waals surface area (Å²) in [5, 5.41) is 15.7. The van der Waals surface area contributed by atoms with Crippen molar-refractivity contribution in [1.29, 1.82) is 0 Å². The van der Waals surface area contributed by atoms with Crippen molar-refractivity contribution >= 4 is 64.6 Å². The minimum atomic E-state index is 1.29. The van der Waals surface area contributed by atoms with Crippen molar-refractivity contribution in [3.8, 4) is 0 Å². The van der Waals surface area contributed by atoms with E-state index in [9.17, 15) is 0 Å². The second-order valence-electron chi connectivity index (χ2n) is 8.27. The van der Waals surface area contributed by atoms with E-state index in [0.717, 1.165) is 0 Å². The van der Waals surface area contributed by atoms with Gasteiger partial charge in [0, 0.05) is 0 Å². The van der Waals surface area contributed by atoms with Gasteiger partial charge in [-0.05, 0) is 101 Å². The number of hydrogen-bond donors (Lipinski definition) is 0. The zero-order valence-corrected chi connectivity index (χ0v) is 16.4. The SMILES string of the molecule is c1ccc2cc3cc4c(ccc5cc6c(ccc7ccccc76)cc54)cc3cc2c1. The van der Waals surface area contributed by atoms with Crippen molar-refractivity contribution in [2.24, 2.45) is 0 Å². The predicted molar refractivity (Wildman–Crippen MR) is 131 cm³/mol. The molecule has 7 aromatic rings. The molecule has 0 aliphatic heterocycles. The fourth-order valence-corrected chi connectivity index (χ4v) is 5.00. The maximum atomic E-state index is 2.37. The van der Waals surface area contributed by atoms with Crippen LogP contribution in [0.25, 0.3) is 64.6 Å². The van der Waals surface area contributed by atoms with Crippen LogP contribution in [0.5, 0.6) is 0 Å². The van der Waals surface area contributed by atoms with E-state index >= 15 is 0 Å². The second kappa shape index (κ2) is 5.81. The van der Waals surface area contributed by atoms with Crippen LogP contribution in [0.2, 0.25) is 0 Å². The number of hydrogen-bond acceptors (Lipinski definition) is 0. The standard InChI is InChI=1S/C30H18/c1-2-7-21-14-26-18-30-22(15-25(26)13-20(21)6-1)11-12-24-16-28-23(17-29(24)30)10-9-19-5-3-4-8-27(19)28/h1-18H. The van der Waals surface area contributed by atoms with Crippen LogP contribution in [0.1, 0.15) is 0 Å². The summed E-state index contributed by atoms with van der Waals surface area (Å²) in [6.45, 7) is 0. The molecule has 7 rings (SSSR count). The molecule has 0 atom stereocenters. The van der Waals surface area contributed by atoms with Crippen molar-refractivity contribution in [2.75, 3.05) is 0 Å². The Morgan fingerprint density at radius 2 is 0.633 bits per heavy atom. The first kappa shape index (κ1) is 16.0. The highest BCUT2D eigenvalue weighted by atomic mass is 14.1. The van der Waals surface area contributed by atoms with Gasteiger partial charge >= 0.3 is 0 Å². The van der Waals surface area contributed by atoms with Gasteiger partial charge in [0.25, 0.3) is 0 Å². The van der Waals surface area contributed by atoms with Crippen LogP contribution in [0.15, 0.2) is 109 Å². The molecule has 0 radical (unpaired) electrons. The summed E-state index contributed by atoms with van der Waals surface area (Å²) < 4.78 is 0. The molecule has 0 spiro atoms. The molecule has 0 bridgehead atoms. The van der Waals surface area contributed by atoms with E-state index < -0.39 is 0 Å². The zero-order valence-electron chi connectivity index (χ0n) is 16.4. The molecule has 0 aliphatic carbocycles. The van der Waals surface area contributed by atoms with Crippen molar-refractivity contribution < 1.29 is 0 Å². The maximum Gasteiger partial charge on any atom is -0.00988 e. The molecule has 0 saturated heterocycles. The Bertz CT molecular complexity index is 1770. The van der Waals surface area contributed by atoms with Crippen molar-refractivity contribution in [1.82, 2.24) is 0 Å². The maximum absolute atomic E-state index is 2.37. The Kier molecular flexibility index (Phi) is 3.09. The first-order valence-electron chi connectivity index (χ1n) is 10.4. The minimum absolute atomic E-state index is 1.29. The van der Waals surface area contributed by atoms with Gasteiger partial charge in [0.1, 0.15) is 0 Å². The van der Waals surface area contributed by atoms with Crippen LogP contribution in [0, 0.1) is 0 Å². The quantitative estimate of drug-likeness (QED) is 0.183. The highest BCUT2D eigenvalue weighted by molar-refractivity contribution is 6.19.